The van der Waals surface area contributed by atoms with Gasteiger partial charge in [-0.25, -0.2) is 12.8 Å². The maximum absolute atomic E-state index is 13.5. The molecular formula is C21H16FNO4S3. The fourth-order valence-corrected chi connectivity index (χ4v) is 6.26. The lowest BCUT2D eigenvalue weighted by Gasteiger charge is -2.14. The number of sulfonamides is 1. The predicted octanol–water partition coefficient (Wildman–Crippen LogP) is 5.86. The van der Waals surface area contributed by atoms with E-state index in [9.17, 15) is 23.0 Å². The summed E-state index contributed by atoms with van der Waals surface area (Å²) in [5, 5.41) is 21.6. The Hall–Kier alpha value is -2.75. The van der Waals surface area contributed by atoms with Gasteiger partial charge in [-0.15, -0.1) is 23.1 Å². The van der Waals surface area contributed by atoms with Crippen LogP contribution < -0.4 is 4.72 Å². The molecule has 0 saturated carbocycles. The Balaban J connectivity index is 1.79. The van der Waals surface area contributed by atoms with Crippen molar-refractivity contribution in [3.05, 3.63) is 72.8 Å². The molecule has 0 fully saturated rings. The number of thiophene rings is 1. The Bertz CT molecular complexity index is 1400. The number of aliphatic hydroxyl groups excluding tert-OH is 1. The van der Waals surface area contributed by atoms with Gasteiger partial charge in [0.2, 0.25) is 0 Å². The molecule has 0 saturated heterocycles. The highest BCUT2D eigenvalue weighted by Gasteiger charge is 2.21. The molecule has 154 valence electrons. The zero-order valence-corrected chi connectivity index (χ0v) is 17.9. The van der Waals surface area contributed by atoms with Crippen LogP contribution in [0, 0.1) is 5.82 Å². The maximum Gasteiger partial charge on any atom is 0.271 e. The van der Waals surface area contributed by atoms with E-state index in [0.717, 1.165) is 23.1 Å². The van der Waals surface area contributed by atoms with Crippen LogP contribution in [0.1, 0.15) is 0 Å². The number of phenols is 1. The van der Waals surface area contributed by atoms with E-state index >= 15 is 0 Å². The molecule has 30 heavy (non-hydrogen) atoms. The average Bonchev–Trinajstić information content (AvgIpc) is 3.13. The number of fused-ring (bicyclic) bond motifs is 2. The third kappa shape index (κ3) is 3.96. The molecule has 0 atom stereocenters. The largest absolute Gasteiger partial charge is 0.512 e. The van der Waals surface area contributed by atoms with Crippen molar-refractivity contribution in [2.75, 3.05) is 10.5 Å². The van der Waals surface area contributed by atoms with Crippen molar-refractivity contribution in [2.24, 2.45) is 0 Å². The van der Waals surface area contributed by atoms with Gasteiger partial charge in [-0.1, -0.05) is 36.9 Å². The zero-order valence-electron chi connectivity index (χ0n) is 15.4. The lowest BCUT2D eigenvalue weighted by molar-refractivity contribution is 0.420. The quantitative estimate of drug-likeness (QED) is 0.190. The van der Waals surface area contributed by atoms with Crippen LogP contribution in [0.5, 0.6) is 5.75 Å². The normalized spacial score (nSPS) is 11.8. The molecular weight excluding hydrogens is 445 g/mol. The SMILES string of the molecule is C=C(O)CSc1cc(NS(=O)(=O)c2cc3ccc(F)cc3s2)c2ccccc2c1O. The lowest BCUT2D eigenvalue weighted by Crippen LogP contribution is -2.12. The number of anilines is 1. The average molecular weight is 462 g/mol. The highest BCUT2D eigenvalue weighted by atomic mass is 32.2. The minimum absolute atomic E-state index is 0.00265. The second kappa shape index (κ2) is 7.82. The van der Waals surface area contributed by atoms with Crippen LogP contribution in [0.3, 0.4) is 0 Å². The zero-order chi connectivity index (χ0) is 21.5. The van der Waals surface area contributed by atoms with E-state index in [4.69, 9.17) is 0 Å². The molecule has 0 radical (unpaired) electrons. The van der Waals surface area contributed by atoms with Gasteiger partial charge >= 0.3 is 0 Å². The van der Waals surface area contributed by atoms with E-state index < -0.39 is 15.8 Å². The van der Waals surface area contributed by atoms with Crippen LogP contribution in [-0.2, 0) is 10.0 Å². The lowest BCUT2D eigenvalue weighted by atomic mass is 10.1. The van der Waals surface area contributed by atoms with Crippen LogP contribution in [0.25, 0.3) is 20.9 Å². The summed E-state index contributed by atoms with van der Waals surface area (Å²) in [6.45, 7) is 3.43. The summed E-state index contributed by atoms with van der Waals surface area (Å²) in [5.41, 5.74) is 0.290. The first-order valence-electron chi connectivity index (χ1n) is 8.71. The topological polar surface area (TPSA) is 86.6 Å². The van der Waals surface area contributed by atoms with Crippen molar-refractivity contribution in [2.45, 2.75) is 9.10 Å². The second-order valence-electron chi connectivity index (χ2n) is 6.52. The third-order valence-electron chi connectivity index (χ3n) is 4.34. The van der Waals surface area contributed by atoms with E-state index in [-0.39, 0.29) is 27.2 Å². The predicted molar refractivity (Wildman–Crippen MR) is 121 cm³/mol. The fourth-order valence-electron chi connectivity index (χ4n) is 3.00. The highest BCUT2D eigenvalue weighted by Crippen LogP contribution is 2.41. The molecule has 0 aliphatic heterocycles. The van der Waals surface area contributed by atoms with Gasteiger partial charge in [0, 0.05) is 15.5 Å². The van der Waals surface area contributed by atoms with Crippen LogP contribution in [0.4, 0.5) is 10.1 Å². The van der Waals surface area contributed by atoms with Gasteiger partial charge in [0.1, 0.15) is 15.8 Å². The smallest absolute Gasteiger partial charge is 0.271 e. The van der Waals surface area contributed by atoms with Crippen molar-refractivity contribution in [1.29, 1.82) is 0 Å². The van der Waals surface area contributed by atoms with Gasteiger partial charge in [-0.05, 0) is 29.7 Å². The molecule has 1 heterocycles. The summed E-state index contributed by atoms with van der Waals surface area (Å²) < 4.78 is 42.7. The molecule has 0 bridgehead atoms. The summed E-state index contributed by atoms with van der Waals surface area (Å²) >= 11 is 2.11. The molecule has 1 aromatic heterocycles. The Kier molecular flexibility index (Phi) is 5.35. The summed E-state index contributed by atoms with van der Waals surface area (Å²) in [6.07, 6.45) is 0. The first-order chi connectivity index (χ1) is 14.2. The van der Waals surface area contributed by atoms with Gasteiger partial charge in [0.05, 0.1) is 22.1 Å². The number of phenolic OH excluding ortho intramolecular Hbond substituents is 1. The highest BCUT2D eigenvalue weighted by molar-refractivity contribution is 7.99. The number of nitrogens with one attached hydrogen (secondary N) is 1. The molecule has 0 amide bonds. The van der Waals surface area contributed by atoms with Crippen molar-refractivity contribution >= 4 is 59.7 Å². The molecule has 0 spiro atoms. The number of thioether (sulfide) groups is 1. The Morgan fingerprint density at radius 2 is 1.87 bits per heavy atom. The van der Waals surface area contributed by atoms with Gasteiger partial charge in [0.15, 0.2) is 0 Å². The van der Waals surface area contributed by atoms with Crippen molar-refractivity contribution in [3.63, 3.8) is 0 Å². The monoisotopic (exact) mass is 461 g/mol. The first-order valence-corrected chi connectivity index (χ1v) is 12.0. The Labute approximate surface area is 180 Å². The number of aromatic hydroxyl groups is 1. The minimum Gasteiger partial charge on any atom is -0.512 e. The summed E-state index contributed by atoms with van der Waals surface area (Å²) in [6, 6.07) is 14.0. The van der Waals surface area contributed by atoms with Gasteiger partial charge < -0.3 is 10.2 Å². The van der Waals surface area contributed by atoms with Crippen molar-refractivity contribution in [1.82, 2.24) is 0 Å². The standard InChI is InChI=1S/C21H16FNO4S3/c1-12(24)11-28-19-10-17(15-4-2-3-5-16(15)21(19)25)23-30(26,27)20-8-13-6-7-14(22)9-18(13)29-20/h2-10,23-25H,1,11H2. The number of aliphatic hydroxyl groups is 1. The third-order valence-corrected chi connectivity index (χ3v) is 8.38. The van der Waals surface area contributed by atoms with E-state index in [1.807, 2.05) is 0 Å². The van der Waals surface area contributed by atoms with Gasteiger partial charge in [-0.3, -0.25) is 4.72 Å². The van der Waals surface area contributed by atoms with Crippen LogP contribution in [0.15, 0.2) is 76.0 Å². The number of hydrogen-bond donors (Lipinski definition) is 3. The van der Waals surface area contributed by atoms with Crippen LogP contribution in [-0.4, -0.2) is 24.4 Å². The summed E-state index contributed by atoms with van der Waals surface area (Å²) in [5.74, 6) is -0.345. The van der Waals surface area contributed by atoms with Crippen LogP contribution >= 0.6 is 23.1 Å². The minimum atomic E-state index is -3.95. The summed E-state index contributed by atoms with van der Waals surface area (Å²) in [4.78, 5) is 0.403. The van der Waals surface area contributed by atoms with Crippen LogP contribution in [0.2, 0.25) is 0 Å². The van der Waals surface area contributed by atoms with E-state index in [1.54, 1.807) is 24.3 Å². The second-order valence-corrected chi connectivity index (χ2v) is 10.5. The Morgan fingerprint density at radius 1 is 1.13 bits per heavy atom. The Morgan fingerprint density at radius 3 is 2.60 bits per heavy atom. The molecule has 4 aromatic rings. The number of hydrogen-bond acceptors (Lipinski definition) is 6. The van der Waals surface area contributed by atoms with Crippen molar-refractivity contribution in [3.8, 4) is 5.75 Å². The molecule has 5 nitrogen and oxygen atoms in total. The molecule has 0 aliphatic carbocycles. The summed E-state index contributed by atoms with van der Waals surface area (Å²) in [7, 11) is -3.95. The van der Waals surface area contributed by atoms with E-state index in [2.05, 4.69) is 11.3 Å². The molecule has 3 aromatic carbocycles. The molecule has 0 unspecified atom stereocenters. The van der Waals surface area contributed by atoms with Gasteiger partial charge in [0.25, 0.3) is 10.0 Å². The number of rotatable bonds is 6. The molecule has 3 N–H and O–H groups in total. The fraction of sp³-hybridized carbons (Fsp3) is 0.0476. The van der Waals surface area contributed by atoms with E-state index in [1.165, 1.54) is 30.3 Å². The van der Waals surface area contributed by atoms with E-state index in [0.29, 0.717) is 25.8 Å². The molecule has 9 heteroatoms. The molecule has 4 rings (SSSR count). The molecule has 0 aliphatic rings. The number of benzene rings is 3. The van der Waals surface area contributed by atoms with Gasteiger partial charge in [-0.2, -0.15) is 0 Å². The number of halogens is 1. The first kappa shape index (κ1) is 20.5. The van der Waals surface area contributed by atoms with Crippen molar-refractivity contribution < 1.29 is 23.0 Å². The maximum atomic E-state index is 13.5.